The third kappa shape index (κ3) is 2.37. The fourth-order valence-corrected chi connectivity index (χ4v) is 2.31. The van der Waals surface area contributed by atoms with E-state index in [1.54, 1.807) is 6.20 Å². The molecule has 1 aromatic heterocycles. The van der Waals surface area contributed by atoms with Crippen LogP contribution in [0, 0.1) is 6.07 Å². The van der Waals surface area contributed by atoms with Crippen molar-refractivity contribution >= 4 is 16.7 Å². The second kappa shape index (κ2) is 5.43. The predicted molar refractivity (Wildman–Crippen MR) is 62.5 cm³/mol. The molecule has 1 aliphatic heterocycles. The molecule has 1 atom stereocenters. The number of H-pyrrole nitrogens is 1. The minimum absolute atomic E-state index is 0. The molecule has 1 saturated heterocycles. The Morgan fingerprint density at radius 3 is 3.12 bits per heavy atom. The molecule has 17 heavy (non-hydrogen) atoms. The molecule has 0 spiro atoms. The molecule has 3 nitrogen and oxygen atoms in total. The third-order valence-electron chi connectivity index (χ3n) is 3.17. The molecule has 4 heteroatoms. The van der Waals surface area contributed by atoms with E-state index in [2.05, 4.69) is 16.4 Å². The molecular weight excluding hydrogens is 289 g/mol. The second-order valence-corrected chi connectivity index (χ2v) is 4.19. The van der Waals surface area contributed by atoms with E-state index in [0.717, 1.165) is 35.9 Å². The number of benzene rings is 1. The molecule has 1 aromatic carbocycles. The van der Waals surface area contributed by atoms with Crippen LogP contribution >= 0.6 is 0 Å². The zero-order valence-electron chi connectivity index (χ0n) is 9.49. The van der Waals surface area contributed by atoms with Gasteiger partial charge in [0, 0.05) is 0 Å². The number of ketones is 1. The number of carbonyl (C=O) groups is 1. The van der Waals surface area contributed by atoms with Crippen LogP contribution in [0.25, 0.3) is 10.9 Å². The molecule has 0 bridgehead atoms. The minimum Gasteiger partial charge on any atom is -0.384 e. The van der Waals surface area contributed by atoms with E-state index < -0.39 is 0 Å². The molecule has 2 aromatic rings. The van der Waals surface area contributed by atoms with Crippen LogP contribution in [0.3, 0.4) is 0 Å². The predicted octanol–water partition coefficient (Wildman–Crippen LogP) is 1.90. The normalized spacial score (nSPS) is 19.2. The summed E-state index contributed by atoms with van der Waals surface area (Å²) in [6.45, 7) is 0.949. The molecule has 3 rings (SSSR count). The molecule has 82 valence electrons. The number of aromatic nitrogens is 1. The van der Waals surface area contributed by atoms with Crippen molar-refractivity contribution in [1.29, 1.82) is 0 Å². The summed E-state index contributed by atoms with van der Waals surface area (Å²) in [4.78, 5) is 15.3. The molecule has 1 unspecified atom stereocenters. The topological polar surface area (TPSA) is 44.9 Å². The van der Waals surface area contributed by atoms with Crippen molar-refractivity contribution in [2.75, 3.05) is 6.54 Å². The zero-order chi connectivity index (χ0) is 11.0. The summed E-state index contributed by atoms with van der Waals surface area (Å²) in [5.74, 6) is 0.198. The Bertz CT molecular complexity index is 529. The Kier molecular flexibility index (Phi) is 4.13. The summed E-state index contributed by atoms with van der Waals surface area (Å²) < 4.78 is 0. The SMILES string of the molecule is O=C(c1c[nH]c2cc[c-]cc12)C1CCCN1.[Y+3]. The van der Waals surface area contributed by atoms with Crippen molar-refractivity contribution in [3.8, 4) is 0 Å². The first kappa shape index (κ1) is 12.9. The van der Waals surface area contributed by atoms with Gasteiger partial charge in [0.1, 0.15) is 0 Å². The van der Waals surface area contributed by atoms with Gasteiger partial charge >= 0.3 is 32.7 Å². The average molecular weight is 302 g/mol. The number of hydrogen-bond donors (Lipinski definition) is 2. The molecule has 0 saturated carbocycles. The number of rotatable bonds is 2. The first-order valence-electron chi connectivity index (χ1n) is 5.61. The summed E-state index contributed by atoms with van der Waals surface area (Å²) in [5.41, 5.74) is 1.78. The number of aromatic amines is 1. The first-order valence-corrected chi connectivity index (χ1v) is 5.61. The number of carbonyl (C=O) groups excluding carboxylic acids is 1. The minimum atomic E-state index is -0.000735. The van der Waals surface area contributed by atoms with Gasteiger partial charge in [-0.1, -0.05) is 10.9 Å². The van der Waals surface area contributed by atoms with Crippen LogP contribution in [0.1, 0.15) is 23.2 Å². The van der Waals surface area contributed by atoms with E-state index in [1.165, 1.54) is 0 Å². The average Bonchev–Trinajstić information content (AvgIpc) is 2.98. The molecule has 2 heterocycles. The van der Waals surface area contributed by atoms with Gasteiger partial charge in [-0.15, -0.1) is 6.07 Å². The summed E-state index contributed by atoms with van der Waals surface area (Å²) >= 11 is 0. The maximum absolute atomic E-state index is 12.2. The number of fused-ring (bicyclic) bond motifs is 1. The maximum atomic E-state index is 12.2. The molecular formula is C13H13N2OY+2. The van der Waals surface area contributed by atoms with Crippen LogP contribution in [0.2, 0.25) is 0 Å². The first-order chi connectivity index (χ1) is 7.86. The van der Waals surface area contributed by atoms with Gasteiger partial charge in [-0.05, 0) is 31.1 Å². The Labute approximate surface area is 125 Å². The smallest absolute Gasteiger partial charge is 0.384 e. The molecule has 1 fully saturated rings. The largest absolute Gasteiger partial charge is 3.00 e. The van der Waals surface area contributed by atoms with Gasteiger partial charge in [0.2, 0.25) is 0 Å². The van der Waals surface area contributed by atoms with Crippen LogP contribution in [-0.2, 0) is 32.7 Å². The van der Waals surface area contributed by atoms with Crippen LogP contribution in [0.4, 0.5) is 0 Å². The standard InChI is InChI=1S/C13H13N2O.Y/c16-13(12-6-3-7-14-12)10-8-15-11-5-2-1-4-9(10)11;/h2,4-5,8,12,14-15H,3,6-7H2;/q-1;+3. The monoisotopic (exact) mass is 302 g/mol. The Morgan fingerprint density at radius 1 is 1.47 bits per heavy atom. The van der Waals surface area contributed by atoms with E-state index in [1.807, 2.05) is 18.2 Å². The number of hydrogen-bond acceptors (Lipinski definition) is 2. The zero-order valence-corrected chi connectivity index (χ0v) is 12.3. The quantitative estimate of drug-likeness (QED) is 0.657. The van der Waals surface area contributed by atoms with Crippen molar-refractivity contribution < 1.29 is 37.5 Å². The van der Waals surface area contributed by atoms with Crippen molar-refractivity contribution in [2.45, 2.75) is 18.9 Å². The van der Waals surface area contributed by atoms with Gasteiger partial charge < -0.3 is 10.3 Å². The molecule has 0 aliphatic carbocycles. The van der Waals surface area contributed by atoms with E-state index in [4.69, 9.17) is 0 Å². The van der Waals surface area contributed by atoms with Crippen molar-refractivity contribution in [3.05, 3.63) is 36.0 Å². The molecule has 2 N–H and O–H groups in total. The summed E-state index contributed by atoms with van der Waals surface area (Å²) in [7, 11) is 0. The molecule has 0 radical (unpaired) electrons. The second-order valence-electron chi connectivity index (χ2n) is 4.19. The summed E-state index contributed by atoms with van der Waals surface area (Å²) in [5, 5.41) is 4.21. The summed E-state index contributed by atoms with van der Waals surface area (Å²) in [6.07, 6.45) is 3.84. The van der Waals surface area contributed by atoms with Gasteiger partial charge in [-0.25, -0.2) is 0 Å². The summed E-state index contributed by atoms with van der Waals surface area (Å²) in [6, 6.07) is 8.67. The van der Waals surface area contributed by atoms with Gasteiger partial charge in [-0.3, -0.25) is 4.79 Å². The number of nitrogens with one attached hydrogen (secondary N) is 2. The van der Waals surface area contributed by atoms with Gasteiger partial charge in [0.25, 0.3) is 0 Å². The van der Waals surface area contributed by atoms with E-state index in [9.17, 15) is 4.79 Å². The van der Waals surface area contributed by atoms with E-state index >= 15 is 0 Å². The Hall–Kier alpha value is -0.506. The van der Waals surface area contributed by atoms with Gasteiger partial charge in [0.15, 0.2) is 5.78 Å². The van der Waals surface area contributed by atoms with Crippen molar-refractivity contribution in [3.63, 3.8) is 0 Å². The van der Waals surface area contributed by atoms with E-state index in [-0.39, 0.29) is 44.5 Å². The van der Waals surface area contributed by atoms with E-state index in [0.29, 0.717) is 0 Å². The van der Waals surface area contributed by atoms with Crippen molar-refractivity contribution in [2.24, 2.45) is 0 Å². The molecule has 1 aliphatic rings. The third-order valence-corrected chi connectivity index (χ3v) is 3.17. The van der Waals surface area contributed by atoms with Crippen LogP contribution < -0.4 is 5.32 Å². The molecule has 0 amide bonds. The number of Topliss-reactive ketones (excluding diaryl/α,β-unsaturated/α-hetero) is 1. The fourth-order valence-electron chi connectivity index (χ4n) is 2.31. The van der Waals surface area contributed by atoms with Crippen molar-refractivity contribution in [1.82, 2.24) is 10.3 Å². The Morgan fingerprint density at radius 2 is 2.35 bits per heavy atom. The van der Waals surface area contributed by atoms with Crippen LogP contribution in [0.5, 0.6) is 0 Å². The fraction of sp³-hybridized carbons (Fsp3) is 0.308. The maximum Gasteiger partial charge on any atom is 3.00 e. The van der Waals surface area contributed by atoms with Crippen LogP contribution in [0.15, 0.2) is 24.4 Å². The Balaban J connectivity index is 0.00000108. The van der Waals surface area contributed by atoms with Gasteiger partial charge in [0.05, 0.1) is 6.04 Å². The van der Waals surface area contributed by atoms with Gasteiger partial charge in [-0.2, -0.15) is 18.2 Å². The van der Waals surface area contributed by atoms with Crippen LogP contribution in [-0.4, -0.2) is 23.4 Å².